The number of aromatic amines is 1. The van der Waals surface area contributed by atoms with E-state index in [1.807, 2.05) is 19.9 Å². The van der Waals surface area contributed by atoms with Crippen molar-refractivity contribution >= 4 is 28.9 Å². The first-order valence-electron chi connectivity index (χ1n) is 5.79. The number of nitrogens with one attached hydrogen (secondary N) is 1. The number of rotatable bonds is 4. The van der Waals surface area contributed by atoms with Gasteiger partial charge in [-0.3, -0.25) is 24.2 Å². The van der Waals surface area contributed by atoms with E-state index >= 15 is 0 Å². The Morgan fingerprint density at radius 2 is 2.15 bits per heavy atom. The lowest BCUT2D eigenvalue weighted by Gasteiger charge is -2.05. The van der Waals surface area contributed by atoms with Crippen LogP contribution in [0.4, 0.5) is 0 Å². The molecule has 0 aliphatic heterocycles. The van der Waals surface area contributed by atoms with Crippen molar-refractivity contribution < 1.29 is 4.79 Å². The molecule has 2 aromatic rings. The molecule has 0 saturated carbocycles. The van der Waals surface area contributed by atoms with Crippen molar-refractivity contribution in [2.45, 2.75) is 19.0 Å². The molecular weight excluding hydrogens is 298 g/mol. The number of ketones is 1. The molecule has 1 N–H and O–H groups in total. The van der Waals surface area contributed by atoms with Gasteiger partial charge in [0, 0.05) is 22.4 Å². The molecule has 0 amide bonds. The molecule has 0 radical (unpaired) electrons. The smallest absolute Gasteiger partial charge is 0.293 e. The van der Waals surface area contributed by atoms with Crippen LogP contribution in [0.25, 0.3) is 0 Å². The maximum absolute atomic E-state index is 12.1. The first-order valence-corrected chi connectivity index (χ1v) is 7.59. The zero-order valence-electron chi connectivity index (χ0n) is 11.2. The highest BCUT2D eigenvalue weighted by molar-refractivity contribution is 7.99. The summed E-state index contributed by atoms with van der Waals surface area (Å²) in [7, 11) is 1.57. The van der Waals surface area contributed by atoms with Crippen molar-refractivity contribution in [3.8, 4) is 0 Å². The Bertz CT molecular complexity index is 773. The Morgan fingerprint density at radius 3 is 2.75 bits per heavy atom. The van der Waals surface area contributed by atoms with Gasteiger partial charge in [-0.2, -0.15) is 4.98 Å². The summed E-state index contributed by atoms with van der Waals surface area (Å²) in [6.07, 6.45) is 0. The molecule has 2 aromatic heterocycles. The number of nitrogens with zero attached hydrogens (tertiary/aromatic N) is 2. The summed E-state index contributed by atoms with van der Waals surface area (Å²) in [6, 6.07) is 1.86. The lowest BCUT2D eigenvalue weighted by molar-refractivity contribution is 0.102. The topological polar surface area (TPSA) is 84.8 Å². The largest absolute Gasteiger partial charge is 0.339 e. The van der Waals surface area contributed by atoms with Crippen molar-refractivity contribution in [1.82, 2.24) is 14.8 Å². The second-order valence-corrected chi connectivity index (χ2v) is 6.64. The van der Waals surface area contributed by atoms with Crippen LogP contribution in [0.2, 0.25) is 0 Å². The van der Waals surface area contributed by atoms with Gasteiger partial charge in [0.25, 0.3) is 0 Å². The molecule has 0 aliphatic rings. The van der Waals surface area contributed by atoms with Crippen molar-refractivity contribution in [2.24, 2.45) is 7.05 Å². The molecule has 0 saturated heterocycles. The summed E-state index contributed by atoms with van der Waals surface area (Å²) in [5, 5.41) is 2.65. The average molecular weight is 311 g/mol. The highest BCUT2D eigenvalue weighted by Gasteiger charge is 2.14. The van der Waals surface area contributed by atoms with Gasteiger partial charge < -0.3 is 0 Å². The number of thiophene rings is 1. The average Bonchev–Trinajstić information content (AvgIpc) is 2.71. The molecule has 6 nitrogen and oxygen atoms in total. The molecule has 106 valence electrons. The maximum Gasteiger partial charge on any atom is 0.339 e. The van der Waals surface area contributed by atoms with Crippen LogP contribution in [0.5, 0.6) is 0 Å². The van der Waals surface area contributed by atoms with E-state index in [0.29, 0.717) is 10.7 Å². The molecule has 0 aromatic carbocycles. The van der Waals surface area contributed by atoms with Gasteiger partial charge in [0.15, 0.2) is 10.9 Å². The fourth-order valence-electron chi connectivity index (χ4n) is 1.71. The van der Waals surface area contributed by atoms with E-state index < -0.39 is 11.1 Å². The Kier molecular flexibility index (Phi) is 4.24. The second kappa shape index (κ2) is 5.76. The van der Waals surface area contributed by atoms with Crippen LogP contribution in [0.15, 0.2) is 20.8 Å². The number of thioether (sulfide) groups is 1. The molecular formula is C12H13N3O3S2. The summed E-state index contributed by atoms with van der Waals surface area (Å²) >= 11 is 2.71. The number of aryl methyl sites for hydroxylation is 3. The van der Waals surface area contributed by atoms with Crippen LogP contribution in [-0.4, -0.2) is 26.3 Å². The number of H-pyrrole nitrogens is 1. The summed E-state index contributed by atoms with van der Waals surface area (Å²) in [4.78, 5) is 40.1. The fraction of sp³-hybridized carbons (Fsp3) is 0.333. The minimum atomic E-state index is -0.847. The van der Waals surface area contributed by atoms with Gasteiger partial charge >= 0.3 is 11.1 Å². The molecule has 2 heterocycles. The molecule has 0 aliphatic carbocycles. The number of carbonyl (C=O) groups excluding carboxylic acids is 1. The van der Waals surface area contributed by atoms with Crippen molar-refractivity contribution in [3.05, 3.63) is 42.1 Å². The third kappa shape index (κ3) is 3.07. The normalized spacial score (nSPS) is 10.8. The van der Waals surface area contributed by atoms with Crippen molar-refractivity contribution in [3.63, 3.8) is 0 Å². The lowest BCUT2D eigenvalue weighted by Crippen LogP contribution is -2.34. The maximum atomic E-state index is 12.1. The molecule has 0 atom stereocenters. The number of aromatic nitrogens is 3. The molecule has 20 heavy (non-hydrogen) atoms. The Morgan fingerprint density at radius 1 is 1.45 bits per heavy atom. The highest BCUT2D eigenvalue weighted by Crippen LogP contribution is 2.23. The van der Waals surface area contributed by atoms with Crippen LogP contribution in [0, 0.1) is 13.8 Å². The monoisotopic (exact) mass is 311 g/mol. The quantitative estimate of drug-likeness (QED) is 0.519. The fourth-order valence-corrected chi connectivity index (χ4v) is 3.45. The Hall–Kier alpha value is -1.67. The third-order valence-electron chi connectivity index (χ3n) is 2.62. The van der Waals surface area contributed by atoms with Gasteiger partial charge in [-0.05, 0) is 19.9 Å². The van der Waals surface area contributed by atoms with Gasteiger partial charge in [-0.1, -0.05) is 11.8 Å². The predicted octanol–water partition coefficient (Wildman–Crippen LogP) is 1.12. The third-order valence-corrected chi connectivity index (χ3v) is 4.62. The number of carbonyl (C=O) groups is 1. The minimum Gasteiger partial charge on any atom is -0.293 e. The van der Waals surface area contributed by atoms with Crippen LogP contribution in [0.1, 0.15) is 20.1 Å². The number of hydrogen-bond acceptors (Lipinski definition) is 6. The van der Waals surface area contributed by atoms with E-state index in [0.717, 1.165) is 21.5 Å². The van der Waals surface area contributed by atoms with Gasteiger partial charge in [-0.25, -0.2) is 0 Å². The zero-order valence-corrected chi connectivity index (χ0v) is 12.9. The van der Waals surface area contributed by atoms with Crippen LogP contribution in [0.3, 0.4) is 0 Å². The molecule has 0 spiro atoms. The summed E-state index contributed by atoms with van der Waals surface area (Å²) in [6.45, 7) is 3.86. The predicted molar refractivity (Wildman–Crippen MR) is 78.9 cm³/mol. The zero-order chi connectivity index (χ0) is 14.9. The van der Waals surface area contributed by atoms with Crippen LogP contribution >= 0.6 is 23.1 Å². The summed E-state index contributed by atoms with van der Waals surface area (Å²) in [5.74, 6) is 0.154. The number of Topliss-reactive ketones (excluding diaryl/α,β-unsaturated/α-hetero) is 1. The Labute approximate surface area is 122 Å². The second-order valence-electron chi connectivity index (χ2n) is 4.24. The van der Waals surface area contributed by atoms with Gasteiger partial charge in [0.05, 0.1) is 5.75 Å². The van der Waals surface area contributed by atoms with Crippen molar-refractivity contribution in [1.29, 1.82) is 0 Å². The van der Waals surface area contributed by atoms with Crippen molar-refractivity contribution in [2.75, 3.05) is 5.75 Å². The SMILES string of the molecule is Cc1cc(C(=O)CSc2nc(=O)c(=O)[nH]n2C)c(C)s1. The van der Waals surface area contributed by atoms with Crippen LogP contribution < -0.4 is 11.1 Å². The molecule has 8 heteroatoms. The van der Waals surface area contributed by atoms with E-state index in [-0.39, 0.29) is 11.5 Å². The molecule has 0 fully saturated rings. The summed E-state index contributed by atoms with van der Waals surface area (Å²) in [5.41, 5.74) is -0.914. The standard InChI is InChI=1S/C12H13N3O3S2/c1-6-4-8(7(2)20-6)9(16)5-19-12-13-10(17)11(18)14-15(12)3/h4H,5H2,1-3H3,(H,14,18). The number of hydrogen-bond donors (Lipinski definition) is 1. The van der Waals surface area contributed by atoms with Gasteiger partial charge in [0.2, 0.25) is 0 Å². The van der Waals surface area contributed by atoms with Gasteiger partial charge in [-0.15, -0.1) is 11.3 Å². The van der Waals surface area contributed by atoms with E-state index in [1.165, 1.54) is 4.68 Å². The van der Waals surface area contributed by atoms with E-state index in [9.17, 15) is 14.4 Å². The van der Waals surface area contributed by atoms with E-state index in [2.05, 4.69) is 10.1 Å². The van der Waals surface area contributed by atoms with Crippen LogP contribution in [-0.2, 0) is 7.05 Å². The minimum absolute atomic E-state index is 0.0164. The molecule has 2 rings (SSSR count). The lowest BCUT2D eigenvalue weighted by atomic mass is 10.2. The molecule has 0 bridgehead atoms. The Balaban J connectivity index is 2.15. The van der Waals surface area contributed by atoms with E-state index in [1.54, 1.807) is 18.4 Å². The van der Waals surface area contributed by atoms with E-state index in [4.69, 9.17) is 0 Å². The first kappa shape index (κ1) is 14.7. The molecule has 0 unspecified atom stereocenters. The first-order chi connectivity index (χ1) is 9.38. The van der Waals surface area contributed by atoms with Gasteiger partial charge in [0.1, 0.15) is 0 Å². The summed E-state index contributed by atoms with van der Waals surface area (Å²) < 4.78 is 1.34. The highest BCUT2D eigenvalue weighted by atomic mass is 32.2.